The third-order valence-corrected chi connectivity index (χ3v) is 3.63. The zero-order valence-electron chi connectivity index (χ0n) is 11.1. The molecule has 108 valence electrons. The average molecular weight is 303 g/mol. The highest BCUT2D eigenvalue weighted by atomic mass is 32.1. The first-order chi connectivity index (χ1) is 10.1. The molecule has 1 aromatic heterocycles. The summed E-state index contributed by atoms with van der Waals surface area (Å²) in [4.78, 5) is 22.3. The Hall–Kier alpha value is -2.54. The minimum atomic E-state index is -0.458. The molecule has 1 heterocycles. The van der Waals surface area contributed by atoms with Crippen molar-refractivity contribution < 1.29 is 9.72 Å². The third kappa shape index (κ3) is 4.81. The van der Waals surface area contributed by atoms with Gasteiger partial charge >= 0.3 is 5.00 Å². The number of nitrogens with zero attached hydrogens (tertiary/aromatic N) is 2. The maximum Gasteiger partial charge on any atom is 0.324 e. The predicted molar refractivity (Wildman–Crippen MR) is 81.5 cm³/mol. The molecule has 0 aliphatic carbocycles. The Balaban J connectivity index is 1.77. The van der Waals surface area contributed by atoms with Gasteiger partial charge in [0.1, 0.15) is 0 Å². The highest BCUT2D eigenvalue weighted by molar-refractivity contribution is 7.16. The van der Waals surface area contributed by atoms with Gasteiger partial charge in [-0.25, -0.2) is 5.43 Å². The van der Waals surface area contributed by atoms with E-state index in [0.717, 1.165) is 16.9 Å². The van der Waals surface area contributed by atoms with Crippen LogP contribution in [0.2, 0.25) is 0 Å². The van der Waals surface area contributed by atoms with Crippen LogP contribution in [0.4, 0.5) is 5.00 Å². The summed E-state index contributed by atoms with van der Waals surface area (Å²) in [5, 5.41) is 14.4. The van der Waals surface area contributed by atoms with E-state index >= 15 is 0 Å². The summed E-state index contributed by atoms with van der Waals surface area (Å²) in [6, 6.07) is 12.7. The molecule has 2 aromatic rings. The van der Waals surface area contributed by atoms with E-state index in [1.54, 1.807) is 6.07 Å². The Morgan fingerprint density at radius 2 is 2.05 bits per heavy atom. The maximum absolute atomic E-state index is 11.6. The number of rotatable bonds is 6. The molecule has 1 amide bonds. The Kier molecular flexibility index (Phi) is 5.16. The molecule has 0 aliphatic rings. The zero-order valence-corrected chi connectivity index (χ0v) is 11.9. The van der Waals surface area contributed by atoms with E-state index < -0.39 is 4.92 Å². The van der Waals surface area contributed by atoms with Gasteiger partial charge in [0.15, 0.2) is 0 Å². The van der Waals surface area contributed by atoms with Crippen molar-refractivity contribution in [2.45, 2.75) is 12.8 Å². The average Bonchev–Trinajstić information content (AvgIpc) is 2.95. The molecule has 0 spiro atoms. The van der Waals surface area contributed by atoms with Crippen molar-refractivity contribution in [3.05, 3.63) is 63.0 Å². The third-order valence-electron chi connectivity index (χ3n) is 2.66. The molecule has 0 unspecified atom stereocenters. The number of thiophene rings is 1. The van der Waals surface area contributed by atoms with Gasteiger partial charge in [0.2, 0.25) is 5.91 Å². The molecular formula is C14H13N3O3S. The molecule has 2 rings (SSSR count). The first-order valence-electron chi connectivity index (χ1n) is 6.25. The molecule has 21 heavy (non-hydrogen) atoms. The van der Waals surface area contributed by atoms with E-state index in [4.69, 9.17) is 0 Å². The van der Waals surface area contributed by atoms with E-state index in [1.165, 1.54) is 12.3 Å². The van der Waals surface area contributed by atoms with Gasteiger partial charge in [0.25, 0.3) is 0 Å². The Morgan fingerprint density at radius 3 is 2.71 bits per heavy atom. The normalized spacial score (nSPS) is 10.7. The second kappa shape index (κ2) is 7.30. The van der Waals surface area contributed by atoms with Gasteiger partial charge in [-0.05, 0) is 18.1 Å². The van der Waals surface area contributed by atoms with Crippen LogP contribution < -0.4 is 5.43 Å². The molecule has 1 N–H and O–H groups in total. The van der Waals surface area contributed by atoms with E-state index in [1.807, 2.05) is 30.3 Å². The second-order valence-electron chi connectivity index (χ2n) is 4.21. The minimum absolute atomic E-state index is 0.0480. The van der Waals surface area contributed by atoms with Crippen LogP contribution in [0.5, 0.6) is 0 Å². The zero-order chi connectivity index (χ0) is 15.1. The van der Waals surface area contributed by atoms with E-state index in [0.29, 0.717) is 17.7 Å². The summed E-state index contributed by atoms with van der Waals surface area (Å²) in [5.41, 5.74) is 3.50. The molecule has 0 atom stereocenters. The van der Waals surface area contributed by atoms with Gasteiger partial charge in [-0.1, -0.05) is 41.7 Å². The Morgan fingerprint density at radius 1 is 1.29 bits per heavy atom. The molecule has 7 heteroatoms. The number of nitrogens with one attached hydrogen (secondary N) is 1. The molecule has 6 nitrogen and oxygen atoms in total. The molecular weight excluding hydrogens is 290 g/mol. The van der Waals surface area contributed by atoms with Crippen LogP contribution in [-0.4, -0.2) is 17.0 Å². The van der Waals surface area contributed by atoms with E-state index in [2.05, 4.69) is 10.5 Å². The number of benzene rings is 1. The highest BCUT2D eigenvalue weighted by Crippen LogP contribution is 2.22. The van der Waals surface area contributed by atoms with Gasteiger partial charge in [-0.2, -0.15) is 5.10 Å². The SMILES string of the molecule is O=C(CCc1ccccc1)NN=Cc1ccc([N+](=O)[O-])s1. The summed E-state index contributed by atoms with van der Waals surface area (Å²) in [6.45, 7) is 0. The number of aryl methyl sites for hydroxylation is 1. The van der Waals surface area contributed by atoms with Crippen molar-refractivity contribution in [2.24, 2.45) is 5.10 Å². The fourth-order valence-corrected chi connectivity index (χ4v) is 2.33. The van der Waals surface area contributed by atoms with Gasteiger partial charge in [0.05, 0.1) is 16.0 Å². The van der Waals surface area contributed by atoms with E-state index in [-0.39, 0.29) is 10.9 Å². The van der Waals surface area contributed by atoms with Gasteiger partial charge < -0.3 is 0 Å². The smallest absolute Gasteiger partial charge is 0.273 e. The van der Waals surface area contributed by atoms with Crippen LogP contribution >= 0.6 is 11.3 Å². The van der Waals surface area contributed by atoms with Crippen molar-refractivity contribution in [1.29, 1.82) is 0 Å². The van der Waals surface area contributed by atoms with Gasteiger partial charge in [-0.3, -0.25) is 14.9 Å². The van der Waals surface area contributed by atoms with Crippen molar-refractivity contribution >= 4 is 28.5 Å². The summed E-state index contributed by atoms with van der Waals surface area (Å²) in [7, 11) is 0. The van der Waals surface area contributed by atoms with Crippen LogP contribution in [0.25, 0.3) is 0 Å². The predicted octanol–water partition coefficient (Wildman–Crippen LogP) is 2.74. The summed E-state index contributed by atoms with van der Waals surface area (Å²) < 4.78 is 0. The molecule has 0 radical (unpaired) electrons. The van der Waals surface area contributed by atoms with Gasteiger partial charge in [0, 0.05) is 12.5 Å². The lowest BCUT2D eigenvalue weighted by molar-refractivity contribution is -0.380. The second-order valence-corrected chi connectivity index (χ2v) is 5.31. The number of carbonyl (C=O) groups is 1. The Labute approximate surface area is 125 Å². The molecule has 0 bridgehead atoms. The van der Waals surface area contributed by atoms with Crippen LogP contribution in [0.1, 0.15) is 16.9 Å². The molecule has 1 aromatic carbocycles. The van der Waals surface area contributed by atoms with E-state index in [9.17, 15) is 14.9 Å². The van der Waals surface area contributed by atoms with Crippen molar-refractivity contribution in [2.75, 3.05) is 0 Å². The fraction of sp³-hybridized carbons (Fsp3) is 0.143. The highest BCUT2D eigenvalue weighted by Gasteiger charge is 2.08. The van der Waals surface area contributed by atoms with Crippen LogP contribution in [-0.2, 0) is 11.2 Å². The van der Waals surface area contributed by atoms with Crippen molar-refractivity contribution in [3.8, 4) is 0 Å². The topological polar surface area (TPSA) is 84.6 Å². The summed E-state index contributed by atoms with van der Waals surface area (Å²) in [5.74, 6) is -0.193. The Bertz CT molecular complexity index is 652. The minimum Gasteiger partial charge on any atom is -0.273 e. The number of carbonyl (C=O) groups excluding carboxylic acids is 1. The number of hydrogen-bond donors (Lipinski definition) is 1. The number of amides is 1. The quantitative estimate of drug-likeness (QED) is 0.506. The molecule has 0 saturated heterocycles. The number of hydrazone groups is 1. The lowest BCUT2D eigenvalue weighted by Crippen LogP contribution is -2.17. The fourth-order valence-electron chi connectivity index (χ4n) is 1.64. The van der Waals surface area contributed by atoms with Crippen molar-refractivity contribution in [1.82, 2.24) is 5.43 Å². The molecule has 0 fully saturated rings. The van der Waals surface area contributed by atoms with Crippen LogP contribution in [0.15, 0.2) is 47.6 Å². The number of hydrogen-bond acceptors (Lipinski definition) is 5. The largest absolute Gasteiger partial charge is 0.324 e. The lowest BCUT2D eigenvalue weighted by atomic mass is 10.1. The van der Waals surface area contributed by atoms with Gasteiger partial charge in [-0.15, -0.1) is 0 Å². The molecule has 0 aliphatic heterocycles. The number of nitro groups is 1. The van der Waals surface area contributed by atoms with Crippen LogP contribution in [0, 0.1) is 10.1 Å². The summed E-state index contributed by atoms with van der Waals surface area (Å²) >= 11 is 1.00. The monoisotopic (exact) mass is 303 g/mol. The standard InChI is InChI=1S/C14H13N3O3S/c18-13(8-6-11-4-2-1-3-5-11)16-15-10-12-7-9-14(21-12)17(19)20/h1-5,7,9-10H,6,8H2,(H,16,18). The first-order valence-corrected chi connectivity index (χ1v) is 7.07. The molecule has 0 saturated carbocycles. The lowest BCUT2D eigenvalue weighted by Gasteiger charge is -2.00. The van der Waals surface area contributed by atoms with Crippen LogP contribution in [0.3, 0.4) is 0 Å². The summed E-state index contributed by atoms with van der Waals surface area (Å²) in [6.07, 6.45) is 2.39. The first kappa shape index (κ1) is 14.9. The maximum atomic E-state index is 11.6. The van der Waals surface area contributed by atoms with Crippen molar-refractivity contribution in [3.63, 3.8) is 0 Å².